The Hall–Kier alpha value is -3.73. The smallest absolute Gasteiger partial charge is 0.308 e. The third kappa shape index (κ3) is 7.32. The molecule has 0 radical (unpaired) electrons. The maximum absolute atomic E-state index is 13.1. The lowest BCUT2D eigenvalue weighted by Crippen LogP contribution is -2.39. The monoisotopic (exact) mass is 602 g/mol. The Morgan fingerprint density at radius 3 is 2.54 bits per heavy atom. The van der Waals surface area contributed by atoms with Crippen molar-refractivity contribution >= 4 is 51.8 Å². The molecule has 4 atom stereocenters. The van der Waals surface area contributed by atoms with Gasteiger partial charge in [0.25, 0.3) is 0 Å². The molecule has 1 saturated heterocycles. The number of fused-ring (bicyclic) bond motifs is 1. The molecule has 0 saturated carbocycles. The molecule has 2 unspecified atom stereocenters. The normalized spacial score (nSPS) is 17.7. The van der Waals surface area contributed by atoms with E-state index in [0.29, 0.717) is 18.5 Å². The Balaban J connectivity index is 1.45. The number of rotatable bonds is 10. The van der Waals surface area contributed by atoms with Crippen molar-refractivity contribution in [2.75, 3.05) is 19.6 Å². The second kappa shape index (κ2) is 13.3. The van der Waals surface area contributed by atoms with E-state index >= 15 is 0 Å². The summed E-state index contributed by atoms with van der Waals surface area (Å²) in [7, 11) is 0. The van der Waals surface area contributed by atoms with Crippen molar-refractivity contribution in [2.45, 2.75) is 37.6 Å². The number of likely N-dealkylation sites (tertiary alicyclic amines) is 1. The van der Waals surface area contributed by atoms with Crippen LogP contribution in [0.1, 0.15) is 53.0 Å². The van der Waals surface area contributed by atoms with Crippen LogP contribution in [0.5, 0.6) is 0 Å². The van der Waals surface area contributed by atoms with Crippen LogP contribution in [0.25, 0.3) is 10.9 Å². The standard InChI is InChI=1S/C27H28Cl2N6O6/c28-19-5-16(23(38)9-22(37)14-1-2-15-11-33-34-21(15)7-14)6-20(29)25(19)24(39)8-17(26(40)41)10-31-27(32-13-30)35-4-3-18(36)12-35/h1-2,5-7,11,17-18,22-23,36-38H,3-4,8-10,12H2,(H,31,32)(H,33,34)(H,40,41)/t17-,18-,22?,23?/m0/s1. The lowest BCUT2D eigenvalue weighted by atomic mass is 9.94. The highest BCUT2D eigenvalue weighted by atomic mass is 35.5. The van der Waals surface area contributed by atoms with E-state index in [0.717, 1.165) is 10.9 Å². The van der Waals surface area contributed by atoms with E-state index in [4.69, 9.17) is 28.5 Å². The van der Waals surface area contributed by atoms with Crippen molar-refractivity contribution in [3.05, 3.63) is 63.3 Å². The summed E-state index contributed by atoms with van der Waals surface area (Å²) >= 11 is 12.7. The summed E-state index contributed by atoms with van der Waals surface area (Å²) in [5.41, 5.74) is 1.49. The number of aliphatic imine (C=N–C) groups is 1. The van der Waals surface area contributed by atoms with Gasteiger partial charge >= 0.3 is 5.97 Å². The molecule has 1 aromatic heterocycles. The molecule has 0 bridgehead atoms. The zero-order valence-corrected chi connectivity index (χ0v) is 23.2. The molecule has 1 aliphatic heterocycles. The second-order valence-corrected chi connectivity index (χ2v) is 10.6. The van der Waals surface area contributed by atoms with E-state index in [1.165, 1.54) is 12.1 Å². The van der Waals surface area contributed by atoms with Crippen molar-refractivity contribution in [3.63, 3.8) is 0 Å². The average molecular weight is 603 g/mol. The summed E-state index contributed by atoms with van der Waals surface area (Å²) in [6.45, 7) is 0.362. The number of hydrogen-bond donors (Lipinski definition) is 6. The average Bonchev–Trinajstić information content (AvgIpc) is 3.57. The summed E-state index contributed by atoms with van der Waals surface area (Å²) in [5.74, 6) is -3.04. The lowest BCUT2D eigenvalue weighted by molar-refractivity contribution is -0.141. The number of nitriles is 1. The Kier molecular flexibility index (Phi) is 9.80. The van der Waals surface area contributed by atoms with Crippen LogP contribution < -0.4 is 5.32 Å². The van der Waals surface area contributed by atoms with E-state index in [1.807, 2.05) is 0 Å². The first-order chi connectivity index (χ1) is 19.6. The van der Waals surface area contributed by atoms with Gasteiger partial charge in [-0.15, -0.1) is 0 Å². The van der Waals surface area contributed by atoms with Crippen LogP contribution >= 0.6 is 23.2 Å². The van der Waals surface area contributed by atoms with Gasteiger partial charge in [-0.2, -0.15) is 10.4 Å². The third-order valence-corrected chi connectivity index (χ3v) is 7.49. The van der Waals surface area contributed by atoms with Gasteiger partial charge in [-0.1, -0.05) is 35.3 Å². The van der Waals surface area contributed by atoms with Crippen molar-refractivity contribution in [1.29, 1.82) is 5.26 Å². The number of guanidine groups is 1. The van der Waals surface area contributed by atoms with Crippen LogP contribution in [-0.2, 0) is 4.79 Å². The predicted octanol–water partition coefficient (Wildman–Crippen LogP) is 2.79. The lowest BCUT2D eigenvalue weighted by Gasteiger charge is -2.20. The zero-order chi connectivity index (χ0) is 29.7. The molecule has 2 aromatic carbocycles. The number of H-pyrrole nitrogens is 1. The van der Waals surface area contributed by atoms with E-state index in [9.17, 15) is 30.0 Å². The fourth-order valence-corrected chi connectivity index (χ4v) is 5.37. The fraction of sp³-hybridized carbons (Fsp3) is 0.370. The first-order valence-corrected chi connectivity index (χ1v) is 13.5. The molecule has 2 heterocycles. The number of nitrogens with one attached hydrogen (secondary N) is 2. The highest BCUT2D eigenvalue weighted by Gasteiger charge is 2.28. The number of benzene rings is 2. The Bertz CT molecular complexity index is 1480. The molecule has 41 heavy (non-hydrogen) atoms. The second-order valence-electron chi connectivity index (χ2n) is 9.80. The number of aliphatic hydroxyl groups excluding tert-OH is 3. The number of aliphatic carboxylic acids is 1. The minimum atomic E-state index is -1.28. The number of aromatic amines is 1. The van der Waals surface area contributed by atoms with Crippen molar-refractivity contribution in [1.82, 2.24) is 20.4 Å². The van der Waals surface area contributed by atoms with Crippen molar-refractivity contribution in [3.8, 4) is 6.19 Å². The van der Waals surface area contributed by atoms with E-state index in [2.05, 4.69) is 20.5 Å². The molecule has 12 nitrogen and oxygen atoms in total. The molecule has 14 heteroatoms. The van der Waals surface area contributed by atoms with Gasteiger partial charge in [-0.3, -0.25) is 25.0 Å². The zero-order valence-electron chi connectivity index (χ0n) is 21.7. The number of carbonyl (C=O) groups excluding carboxylic acids is 1. The largest absolute Gasteiger partial charge is 0.481 e. The maximum Gasteiger partial charge on any atom is 0.308 e. The molecule has 1 aliphatic rings. The van der Waals surface area contributed by atoms with Gasteiger partial charge in [0, 0.05) is 31.3 Å². The highest BCUT2D eigenvalue weighted by molar-refractivity contribution is 6.40. The number of carboxylic acid groups (broad SMARTS) is 1. The fourth-order valence-electron chi connectivity index (χ4n) is 4.65. The first kappa shape index (κ1) is 30.2. The maximum atomic E-state index is 13.1. The molecule has 6 N–H and O–H groups in total. The van der Waals surface area contributed by atoms with Gasteiger partial charge in [0.2, 0.25) is 5.96 Å². The van der Waals surface area contributed by atoms with Crippen LogP contribution in [-0.4, -0.2) is 79.0 Å². The quantitative estimate of drug-likeness (QED) is 0.0659. The number of hydrogen-bond acceptors (Lipinski definition) is 8. The molecule has 0 amide bonds. The van der Waals surface area contributed by atoms with Crippen molar-refractivity contribution < 1.29 is 30.0 Å². The topological polar surface area (TPSA) is 195 Å². The molecule has 0 spiro atoms. The van der Waals surface area contributed by atoms with Crippen molar-refractivity contribution in [2.24, 2.45) is 10.9 Å². The van der Waals surface area contributed by atoms with E-state index < -0.39 is 42.4 Å². The summed E-state index contributed by atoms with van der Waals surface area (Å²) in [5, 5.41) is 59.8. The molecule has 4 rings (SSSR count). The number of aliphatic hydroxyl groups is 3. The van der Waals surface area contributed by atoms with Gasteiger partial charge < -0.3 is 25.3 Å². The molecular weight excluding hydrogens is 575 g/mol. The summed E-state index contributed by atoms with van der Waals surface area (Å²) < 4.78 is 0. The molecular formula is C27H28Cl2N6O6. The predicted molar refractivity (Wildman–Crippen MR) is 150 cm³/mol. The van der Waals surface area contributed by atoms with Crippen LogP contribution in [0, 0.1) is 17.4 Å². The van der Waals surface area contributed by atoms with Crippen LogP contribution in [0.15, 0.2) is 41.5 Å². The van der Waals surface area contributed by atoms with Crippen LogP contribution in [0.2, 0.25) is 10.0 Å². The summed E-state index contributed by atoms with van der Waals surface area (Å²) in [6, 6.07) is 7.98. The van der Waals surface area contributed by atoms with E-state index in [1.54, 1.807) is 35.5 Å². The number of aromatic nitrogens is 2. The van der Waals surface area contributed by atoms with Gasteiger partial charge in [0.05, 0.1) is 58.1 Å². The number of Topliss-reactive ketones (excluding diaryl/α,β-unsaturated/α-hetero) is 1. The highest BCUT2D eigenvalue weighted by Crippen LogP contribution is 2.34. The molecule has 216 valence electrons. The minimum Gasteiger partial charge on any atom is -0.481 e. The Morgan fingerprint density at radius 2 is 1.90 bits per heavy atom. The Morgan fingerprint density at radius 1 is 1.20 bits per heavy atom. The van der Waals surface area contributed by atoms with Gasteiger partial charge in [-0.25, -0.2) is 0 Å². The summed E-state index contributed by atoms with van der Waals surface area (Å²) in [6.07, 6.45) is 0.556. The molecule has 1 fully saturated rings. The number of carbonyl (C=O) groups is 2. The minimum absolute atomic E-state index is 0.0737. The number of nitrogens with zero attached hydrogens (tertiary/aromatic N) is 4. The number of β-amino-alcohol motifs (C(OH)–C–C–N with tert-alkyl or cyclic N) is 1. The van der Waals surface area contributed by atoms with Crippen LogP contribution in [0.4, 0.5) is 0 Å². The van der Waals surface area contributed by atoms with Gasteiger partial charge in [0.1, 0.15) is 0 Å². The first-order valence-electron chi connectivity index (χ1n) is 12.7. The Labute approximate surface area is 244 Å². The number of carboxylic acids is 1. The van der Waals surface area contributed by atoms with Gasteiger partial charge in [0.15, 0.2) is 12.0 Å². The number of ketones is 1. The number of halogens is 2. The van der Waals surface area contributed by atoms with Crippen LogP contribution in [0.3, 0.4) is 0 Å². The molecule has 0 aliphatic carbocycles. The van der Waals surface area contributed by atoms with Gasteiger partial charge in [-0.05, 0) is 35.7 Å². The molecule has 3 aromatic rings. The van der Waals surface area contributed by atoms with E-state index in [-0.39, 0.29) is 46.6 Å². The SMILES string of the molecule is N#CNC(=NC[C@H](CC(=O)c1c(Cl)cc(C(O)CC(O)c2ccc3cn[nH]c3c2)cc1Cl)C(=O)O)N1CC[C@H](O)C1. The third-order valence-electron chi connectivity index (χ3n) is 6.90. The summed E-state index contributed by atoms with van der Waals surface area (Å²) in [4.78, 5) is 30.8.